The van der Waals surface area contributed by atoms with Gasteiger partial charge < -0.3 is 20.5 Å². The molecule has 6 atom stereocenters. The van der Waals surface area contributed by atoms with Crippen molar-refractivity contribution in [2.45, 2.75) is 80.9 Å². The van der Waals surface area contributed by atoms with Crippen LogP contribution < -0.4 is 0 Å². The summed E-state index contributed by atoms with van der Waals surface area (Å²) in [5.74, 6) is -0.159. The van der Waals surface area contributed by atoms with Gasteiger partial charge in [-0.3, -0.25) is 0 Å². The molecule has 1 aromatic heterocycles. The SMILES string of the molecule is C=C[C@@]1(C)[C@H](Cl)C[C@@H]2C(C)(C)c3cccc4[nH]c5c(c34)[C@@]2(O)[C@]1([N-]C)C[C@@H](O)C5(C)C. The van der Waals surface area contributed by atoms with Gasteiger partial charge in [0.05, 0.1) is 11.7 Å². The van der Waals surface area contributed by atoms with E-state index in [0.717, 1.165) is 22.2 Å². The number of aliphatic hydroxyl groups excluding tert-OH is 1. The van der Waals surface area contributed by atoms with Crippen LogP contribution in [0.25, 0.3) is 16.2 Å². The first kappa shape index (κ1) is 21.5. The molecule has 3 aliphatic rings. The van der Waals surface area contributed by atoms with Crippen LogP contribution in [0.2, 0.25) is 0 Å². The Morgan fingerprint density at radius 3 is 2.48 bits per heavy atom. The van der Waals surface area contributed by atoms with Gasteiger partial charge in [-0.05, 0) is 35.3 Å². The summed E-state index contributed by atoms with van der Waals surface area (Å²) in [5, 5.41) is 30.5. The van der Waals surface area contributed by atoms with Crippen molar-refractivity contribution < 1.29 is 10.2 Å². The molecule has 0 aliphatic heterocycles. The average molecular weight is 442 g/mol. The topological polar surface area (TPSA) is 70.3 Å². The van der Waals surface area contributed by atoms with Crippen LogP contribution in [0, 0.1) is 11.3 Å². The van der Waals surface area contributed by atoms with Gasteiger partial charge in [-0.1, -0.05) is 58.4 Å². The molecule has 5 rings (SSSR count). The molecule has 0 radical (unpaired) electrons. The summed E-state index contributed by atoms with van der Waals surface area (Å²) < 4.78 is 0. The Labute approximate surface area is 190 Å². The van der Waals surface area contributed by atoms with Gasteiger partial charge in [-0.2, -0.15) is 7.05 Å². The molecular weight excluding hydrogens is 408 g/mol. The van der Waals surface area contributed by atoms with E-state index in [1.54, 1.807) is 7.05 Å². The minimum atomic E-state index is -1.30. The van der Waals surface area contributed by atoms with Gasteiger partial charge in [0.25, 0.3) is 0 Å². The van der Waals surface area contributed by atoms with Gasteiger partial charge in [0.1, 0.15) is 0 Å². The molecular formula is C26H34ClN2O2-. The van der Waals surface area contributed by atoms with Crippen LogP contribution in [0.15, 0.2) is 30.9 Å². The monoisotopic (exact) mass is 441 g/mol. The highest BCUT2D eigenvalue weighted by Gasteiger charge is 2.70. The number of alkyl halides is 1. The molecule has 1 heterocycles. The van der Waals surface area contributed by atoms with E-state index in [0.29, 0.717) is 12.8 Å². The Balaban J connectivity index is 2.05. The van der Waals surface area contributed by atoms with Gasteiger partial charge in [-0.25, -0.2) is 0 Å². The Bertz CT molecular complexity index is 1100. The van der Waals surface area contributed by atoms with E-state index in [1.165, 1.54) is 5.56 Å². The van der Waals surface area contributed by atoms with Crippen molar-refractivity contribution in [2.24, 2.45) is 11.3 Å². The maximum absolute atomic E-state index is 13.1. The average Bonchev–Trinajstić information content (AvgIpc) is 3.11. The summed E-state index contributed by atoms with van der Waals surface area (Å²) in [4.78, 5) is 3.62. The second-order valence-electron chi connectivity index (χ2n) is 11.4. The Morgan fingerprint density at radius 2 is 1.87 bits per heavy atom. The van der Waals surface area contributed by atoms with Gasteiger partial charge in [0, 0.05) is 38.9 Å². The molecule has 4 nitrogen and oxygen atoms in total. The van der Waals surface area contributed by atoms with Crippen LogP contribution in [-0.2, 0) is 16.4 Å². The second kappa shape index (κ2) is 5.96. The largest absolute Gasteiger partial charge is 0.656 e. The quantitative estimate of drug-likeness (QED) is 0.440. The molecule has 0 unspecified atom stereocenters. The number of nitrogens with one attached hydrogen (secondary N) is 1. The van der Waals surface area contributed by atoms with E-state index < -0.39 is 28.1 Å². The molecule has 1 fully saturated rings. The number of hydrogen-bond acceptors (Lipinski definition) is 2. The maximum atomic E-state index is 13.1. The molecule has 3 aliphatic carbocycles. The number of likely N-dealkylation sites (N-methyl/N-ethyl adjacent to an activating group) is 1. The van der Waals surface area contributed by atoms with Crippen LogP contribution in [0.5, 0.6) is 0 Å². The fourth-order valence-corrected chi connectivity index (χ4v) is 7.94. The predicted molar refractivity (Wildman–Crippen MR) is 127 cm³/mol. The minimum absolute atomic E-state index is 0.159. The third-order valence-corrected chi connectivity index (χ3v) is 10.3. The van der Waals surface area contributed by atoms with Crippen molar-refractivity contribution in [3.05, 3.63) is 53.0 Å². The molecule has 1 saturated carbocycles. The van der Waals surface area contributed by atoms with Crippen LogP contribution >= 0.6 is 11.6 Å². The van der Waals surface area contributed by atoms with Gasteiger partial charge >= 0.3 is 0 Å². The van der Waals surface area contributed by atoms with Crippen molar-refractivity contribution in [3.63, 3.8) is 0 Å². The van der Waals surface area contributed by atoms with E-state index in [1.807, 2.05) is 6.08 Å². The number of hydrogen-bond donors (Lipinski definition) is 3. The first-order valence-corrected chi connectivity index (χ1v) is 11.7. The first-order valence-electron chi connectivity index (χ1n) is 11.3. The molecule has 31 heavy (non-hydrogen) atoms. The normalized spacial score (nSPS) is 42.3. The first-order chi connectivity index (χ1) is 14.3. The van der Waals surface area contributed by atoms with E-state index in [-0.39, 0.29) is 16.7 Å². The number of benzene rings is 1. The number of rotatable bonds is 2. The molecule has 2 aromatic rings. The smallest absolute Gasteiger partial charge is 0.0835 e. The minimum Gasteiger partial charge on any atom is -0.656 e. The fraction of sp³-hybridized carbons (Fsp3) is 0.615. The maximum Gasteiger partial charge on any atom is 0.0835 e. The van der Waals surface area contributed by atoms with Crippen LogP contribution in [0.4, 0.5) is 0 Å². The molecule has 5 heteroatoms. The summed E-state index contributed by atoms with van der Waals surface area (Å²) in [6.07, 6.45) is 2.11. The summed E-state index contributed by atoms with van der Waals surface area (Å²) in [6, 6.07) is 6.33. The summed E-state index contributed by atoms with van der Waals surface area (Å²) in [7, 11) is 1.77. The summed E-state index contributed by atoms with van der Waals surface area (Å²) >= 11 is 7.14. The molecule has 0 bridgehead atoms. The molecule has 0 amide bonds. The van der Waals surface area contributed by atoms with Crippen LogP contribution in [0.1, 0.15) is 64.3 Å². The standard InChI is InChI=1S/C26H34ClN2O2/c1-8-24(6)17(27)12-16-22(2,3)14-10-9-11-15-19(14)20-21(29-15)23(4,5)18(30)13-25(24,28-7)26(16,20)31/h8-11,16-18,29-31H,1,12-13H2,2-7H3/q-1/t16-,17-,18-,24+,25+,26-/m1/s1. The number of aromatic nitrogens is 1. The molecule has 0 saturated heterocycles. The van der Waals surface area contributed by atoms with E-state index in [9.17, 15) is 10.2 Å². The Kier molecular flexibility index (Phi) is 4.14. The second-order valence-corrected chi connectivity index (χ2v) is 11.9. The van der Waals surface area contributed by atoms with E-state index in [2.05, 4.69) is 64.4 Å². The predicted octanol–water partition coefficient (Wildman–Crippen LogP) is 5.25. The summed E-state index contributed by atoms with van der Waals surface area (Å²) in [6.45, 7) is 14.8. The lowest BCUT2D eigenvalue weighted by atomic mass is 9.43. The zero-order chi connectivity index (χ0) is 22.8. The molecule has 1 aromatic carbocycles. The zero-order valence-corrected chi connectivity index (χ0v) is 20.1. The number of aromatic amines is 1. The van der Waals surface area contributed by atoms with E-state index in [4.69, 9.17) is 16.9 Å². The number of nitrogens with zero attached hydrogens (tertiary/aromatic N) is 1. The fourth-order valence-electron chi connectivity index (χ4n) is 7.49. The van der Waals surface area contributed by atoms with Crippen molar-refractivity contribution in [1.82, 2.24) is 4.98 Å². The van der Waals surface area contributed by atoms with Gasteiger partial charge in [0.15, 0.2) is 0 Å². The van der Waals surface area contributed by atoms with Crippen LogP contribution in [0.3, 0.4) is 0 Å². The van der Waals surface area contributed by atoms with Gasteiger partial charge in [0.2, 0.25) is 0 Å². The number of H-pyrrole nitrogens is 1. The third kappa shape index (κ3) is 2.05. The van der Waals surface area contributed by atoms with Crippen molar-refractivity contribution in [2.75, 3.05) is 7.05 Å². The lowest BCUT2D eigenvalue weighted by molar-refractivity contribution is -0.169. The number of halogens is 1. The van der Waals surface area contributed by atoms with Crippen molar-refractivity contribution >= 4 is 22.5 Å². The third-order valence-electron chi connectivity index (χ3n) is 9.66. The number of aliphatic hydroxyl groups is 2. The van der Waals surface area contributed by atoms with Crippen LogP contribution in [-0.4, -0.2) is 39.3 Å². The highest BCUT2D eigenvalue weighted by molar-refractivity contribution is 6.21. The van der Waals surface area contributed by atoms with E-state index >= 15 is 0 Å². The molecule has 168 valence electrons. The molecule has 3 N–H and O–H groups in total. The Morgan fingerprint density at radius 1 is 1.19 bits per heavy atom. The van der Waals surface area contributed by atoms with Crippen molar-refractivity contribution in [3.8, 4) is 0 Å². The van der Waals surface area contributed by atoms with Crippen molar-refractivity contribution in [1.29, 1.82) is 0 Å². The van der Waals surface area contributed by atoms with Gasteiger partial charge in [-0.15, -0.1) is 18.2 Å². The molecule has 0 spiro atoms. The lowest BCUT2D eigenvalue weighted by Crippen LogP contribution is -2.72. The highest BCUT2D eigenvalue weighted by Crippen LogP contribution is 2.71. The zero-order valence-electron chi connectivity index (χ0n) is 19.4. The Hall–Kier alpha value is -1.33. The highest BCUT2D eigenvalue weighted by atomic mass is 35.5. The lowest BCUT2D eigenvalue weighted by Gasteiger charge is -2.73. The summed E-state index contributed by atoms with van der Waals surface area (Å²) in [5.41, 5.74) is 0.122.